The Balaban J connectivity index is 1.20. The number of nitrogens with zero attached hydrogens (tertiary/aromatic N) is 1. The summed E-state index contributed by atoms with van der Waals surface area (Å²) in [5.41, 5.74) is 4.74. The predicted octanol–water partition coefficient (Wildman–Crippen LogP) is 7.79. The minimum atomic E-state index is -0.271. The maximum Gasteiger partial charge on any atom is 0.264 e. The first-order valence-electron chi connectivity index (χ1n) is 13.3. The maximum absolute atomic E-state index is 14.4. The van der Waals surface area contributed by atoms with E-state index in [1.807, 2.05) is 73.0 Å². The number of carbonyl (C=O) groups excluding carboxylic acids is 1. The average molecular weight is 545 g/mol. The summed E-state index contributed by atoms with van der Waals surface area (Å²) in [6.07, 6.45) is 0.718. The van der Waals surface area contributed by atoms with Gasteiger partial charge in [-0.1, -0.05) is 74.0 Å². The molecule has 5 rings (SSSR count). The van der Waals surface area contributed by atoms with Crippen molar-refractivity contribution in [1.82, 2.24) is 4.98 Å². The number of rotatable bonds is 8. The second kappa shape index (κ2) is 12.1. The summed E-state index contributed by atoms with van der Waals surface area (Å²) in [5.74, 6) is 0.745. The van der Waals surface area contributed by atoms with E-state index in [2.05, 4.69) is 24.1 Å². The van der Waals surface area contributed by atoms with Gasteiger partial charge in [-0.3, -0.25) is 10.1 Å². The van der Waals surface area contributed by atoms with Crippen LogP contribution < -0.4 is 10.1 Å². The zero-order chi connectivity index (χ0) is 27.4. The molecule has 1 aliphatic heterocycles. The van der Waals surface area contributed by atoms with Crippen LogP contribution in [-0.4, -0.2) is 24.1 Å². The van der Waals surface area contributed by atoms with Crippen LogP contribution in [0.5, 0.6) is 5.75 Å². The molecular weight excluding hydrogens is 511 g/mol. The molecule has 1 aromatic heterocycles. The SMILES string of the molecule is Cc1ccc(-c2csc(NC(=O)COc3cccc([C@@H]4OC[C@@H](c5ccccc5F)C[C@H]4C(C)C)c3)n2)cc1. The monoisotopic (exact) mass is 544 g/mol. The van der Waals surface area contributed by atoms with E-state index in [4.69, 9.17) is 9.47 Å². The topological polar surface area (TPSA) is 60.5 Å². The Morgan fingerprint density at radius 3 is 2.69 bits per heavy atom. The van der Waals surface area contributed by atoms with Crippen molar-refractivity contribution in [1.29, 1.82) is 0 Å². The molecule has 0 aliphatic carbocycles. The predicted molar refractivity (Wildman–Crippen MR) is 154 cm³/mol. The van der Waals surface area contributed by atoms with E-state index in [9.17, 15) is 9.18 Å². The fourth-order valence-corrected chi connectivity index (χ4v) is 5.86. The number of anilines is 1. The molecular formula is C32H33FN2O3S. The van der Waals surface area contributed by atoms with Crippen molar-refractivity contribution in [2.45, 2.75) is 39.2 Å². The third-order valence-electron chi connectivity index (χ3n) is 7.28. The Hall–Kier alpha value is -3.55. The lowest BCUT2D eigenvalue weighted by atomic mass is 9.76. The first-order valence-corrected chi connectivity index (χ1v) is 14.2. The van der Waals surface area contributed by atoms with Crippen LogP contribution in [-0.2, 0) is 9.53 Å². The molecule has 5 nitrogen and oxygen atoms in total. The van der Waals surface area contributed by atoms with Crippen molar-refractivity contribution < 1.29 is 18.7 Å². The quantitative estimate of drug-likeness (QED) is 0.246. The zero-order valence-corrected chi connectivity index (χ0v) is 23.2. The molecule has 7 heteroatoms. The molecule has 0 unspecified atom stereocenters. The van der Waals surface area contributed by atoms with Crippen LogP contribution in [0.2, 0.25) is 0 Å². The summed E-state index contributed by atoms with van der Waals surface area (Å²) in [6.45, 7) is 6.73. The first kappa shape index (κ1) is 27.0. The summed E-state index contributed by atoms with van der Waals surface area (Å²) >= 11 is 1.38. The lowest BCUT2D eigenvalue weighted by Gasteiger charge is -2.39. The molecule has 1 amide bonds. The molecule has 1 saturated heterocycles. The van der Waals surface area contributed by atoms with Gasteiger partial charge < -0.3 is 9.47 Å². The van der Waals surface area contributed by atoms with Crippen LogP contribution in [0, 0.1) is 24.6 Å². The Labute approximate surface area is 233 Å². The third-order valence-corrected chi connectivity index (χ3v) is 8.04. The smallest absolute Gasteiger partial charge is 0.264 e. The molecule has 0 radical (unpaired) electrons. The number of thiazole rings is 1. The first-order chi connectivity index (χ1) is 18.9. The summed E-state index contributed by atoms with van der Waals surface area (Å²) in [4.78, 5) is 17.1. The van der Waals surface area contributed by atoms with Gasteiger partial charge in [-0.2, -0.15) is 0 Å². The van der Waals surface area contributed by atoms with Crippen molar-refractivity contribution in [3.05, 3.63) is 101 Å². The molecule has 2 heterocycles. The molecule has 39 heavy (non-hydrogen) atoms. The maximum atomic E-state index is 14.4. The highest BCUT2D eigenvalue weighted by atomic mass is 32.1. The van der Waals surface area contributed by atoms with Crippen LogP contribution in [0.1, 0.15) is 49.0 Å². The van der Waals surface area contributed by atoms with Crippen molar-refractivity contribution in [2.75, 3.05) is 18.5 Å². The van der Waals surface area contributed by atoms with Gasteiger partial charge in [-0.15, -0.1) is 11.3 Å². The lowest BCUT2D eigenvalue weighted by Crippen LogP contribution is -2.31. The molecule has 4 aromatic rings. The molecule has 3 atom stereocenters. The summed E-state index contributed by atoms with van der Waals surface area (Å²) in [5, 5.41) is 5.29. The number of amides is 1. The van der Waals surface area contributed by atoms with E-state index >= 15 is 0 Å². The van der Waals surface area contributed by atoms with Gasteiger partial charge in [0.1, 0.15) is 11.6 Å². The number of halogens is 1. The number of ether oxygens (including phenoxy) is 2. The zero-order valence-electron chi connectivity index (χ0n) is 22.4. The largest absolute Gasteiger partial charge is 0.484 e. The fraction of sp³-hybridized carbons (Fsp3) is 0.312. The number of hydrogen-bond acceptors (Lipinski definition) is 5. The normalized spacial score (nSPS) is 19.2. The van der Waals surface area contributed by atoms with Gasteiger partial charge in [0.2, 0.25) is 0 Å². The fourth-order valence-electron chi connectivity index (χ4n) is 5.13. The van der Waals surface area contributed by atoms with Crippen LogP contribution in [0.3, 0.4) is 0 Å². The van der Waals surface area contributed by atoms with Gasteiger partial charge in [0.15, 0.2) is 11.7 Å². The Bertz CT molecular complexity index is 1420. The van der Waals surface area contributed by atoms with E-state index in [0.29, 0.717) is 23.4 Å². The van der Waals surface area contributed by atoms with Crippen molar-refractivity contribution in [2.24, 2.45) is 11.8 Å². The van der Waals surface area contributed by atoms with Crippen LogP contribution >= 0.6 is 11.3 Å². The molecule has 202 valence electrons. The molecule has 0 spiro atoms. The minimum Gasteiger partial charge on any atom is -0.484 e. The second-order valence-electron chi connectivity index (χ2n) is 10.4. The van der Waals surface area contributed by atoms with Gasteiger partial charge in [0.25, 0.3) is 5.91 Å². The van der Waals surface area contributed by atoms with Gasteiger partial charge in [-0.05, 0) is 54.5 Å². The molecule has 0 saturated carbocycles. The van der Waals surface area contributed by atoms with E-state index in [1.165, 1.54) is 23.0 Å². The number of hydrogen-bond donors (Lipinski definition) is 1. The van der Waals surface area contributed by atoms with E-state index in [1.54, 1.807) is 6.07 Å². The van der Waals surface area contributed by atoms with Gasteiger partial charge >= 0.3 is 0 Å². The van der Waals surface area contributed by atoms with Crippen molar-refractivity contribution in [3.8, 4) is 17.0 Å². The Kier molecular flexibility index (Phi) is 8.38. The van der Waals surface area contributed by atoms with Gasteiger partial charge in [0, 0.05) is 16.9 Å². The molecule has 1 fully saturated rings. The van der Waals surface area contributed by atoms with Crippen molar-refractivity contribution >= 4 is 22.4 Å². The highest BCUT2D eigenvalue weighted by molar-refractivity contribution is 7.14. The highest BCUT2D eigenvalue weighted by Crippen LogP contribution is 2.44. The third kappa shape index (κ3) is 6.54. The molecule has 3 aromatic carbocycles. The number of nitrogens with one attached hydrogen (secondary N) is 1. The second-order valence-corrected chi connectivity index (χ2v) is 11.3. The number of benzene rings is 3. The van der Waals surface area contributed by atoms with Crippen LogP contribution in [0.25, 0.3) is 11.3 Å². The number of aromatic nitrogens is 1. The Morgan fingerprint density at radius 2 is 1.92 bits per heavy atom. The number of aryl methyl sites for hydroxylation is 1. The van der Waals surface area contributed by atoms with Gasteiger partial charge in [0.05, 0.1) is 18.4 Å². The standard InChI is InChI=1S/C32H33FN2O3S/c1-20(2)27-16-24(26-9-4-5-10-28(26)33)17-38-31(27)23-7-6-8-25(15-23)37-18-30(36)35-32-34-29(19-39-32)22-13-11-21(3)12-14-22/h4-15,19-20,24,27,31H,16-18H2,1-3H3,(H,34,35,36)/t24-,27-,31-/m0/s1. The summed E-state index contributed by atoms with van der Waals surface area (Å²) in [7, 11) is 0. The Morgan fingerprint density at radius 1 is 1.13 bits per heavy atom. The highest BCUT2D eigenvalue weighted by Gasteiger charge is 2.35. The van der Waals surface area contributed by atoms with E-state index < -0.39 is 0 Å². The molecule has 0 bridgehead atoms. The van der Waals surface area contributed by atoms with E-state index in [0.717, 1.165) is 28.8 Å². The number of carbonyl (C=O) groups is 1. The van der Waals surface area contributed by atoms with Crippen molar-refractivity contribution in [3.63, 3.8) is 0 Å². The lowest BCUT2D eigenvalue weighted by molar-refractivity contribution is -0.118. The van der Waals surface area contributed by atoms with E-state index in [-0.39, 0.29) is 36.3 Å². The summed E-state index contributed by atoms with van der Waals surface area (Å²) < 4.78 is 26.6. The minimum absolute atomic E-state index is 0.0235. The van der Waals surface area contributed by atoms with Crippen LogP contribution in [0.15, 0.2) is 78.2 Å². The summed E-state index contributed by atoms with van der Waals surface area (Å²) in [6, 6.07) is 22.8. The van der Waals surface area contributed by atoms with Gasteiger partial charge in [-0.25, -0.2) is 9.37 Å². The van der Waals surface area contributed by atoms with Crippen LogP contribution in [0.4, 0.5) is 9.52 Å². The molecule has 1 aliphatic rings. The average Bonchev–Trinajstić information content (AvgIpc) is 3.40. The molecule has 1 N–H and O–H groups in total.